The third-order valence-electron chi connectivity index (χ3n) is 5.71. The van der Waals surface area contributed by atoms with Gasteiger partial charge in [-0.25, -0.2) is 0 Å². The van der Waals surface area contributed by atoms with Gasteiger partial charge in [0.1, 0.15) is 0 Å². The second-order valence-corrected chi connectivity index (χ2v) is 8.83. The molecule has 4 aromatic carbocycles. The molecule has 0 spiro atoms. The van der Waals surface area contributed by atoms with E-state index in [2.05, 4.69) is 97.9 Å². The third kappa shape index (κ3) is 2.74. The topological polar surface area (TPSA) is 0 Å². The van der Waals surface area contributed by atoms with Crippen LogP contribution < -0.4 is 0 Å². The van der Waals surface area contributed by atoms with Crippen LogP contribution in [0.2, 0.25) is 5.02 Å². The van der Waals surface area contributed by atoms with Gasteiger partial charge in [-0.2, -0.15) is 0 Å². The molecule has 0 aliphatic rings. The maximum Gasteiger partial charge on any atom is 0.0423 e. The highest BCUT2D eigenvalue weighted by molar-refractivity contribution is 7.25. The molecule has 0 fully saturated rings. The lowest BCUT2D eigenvalue weighted by molar-refractivity contribution is 0.694. The quantitative estimate of drug-likeness (QED) is 0.269. The molecule has 1 heterocycles. The smallest absolute Gasteiger partial charge is 0.0423 e. The Morgan fingerprint density at radius 1 is 0.607 bits per heavy atom. The van der Waals surface area contributed by atoms with Crippen LogP contribution in [0.4, 0.5) is 0 Å². The van der Waals surface area contributed by atoms with E-state index in [0.29, 0.717) is 0 Å². The monoisotopic (exact) mass is 398 g/mol. The summed E-state index contributed by atoms with van der Waals surface area (Å²) in [5.41, 5.74) is 3.64. The van der Waals surface area contributed by atoms with E-state index >= 15 is 0 Å². The first kappa shape index (κ1) is 17.5. The minimum absolute atomic E-state index is 0.233. The second kappa shape index (κ2) is 6.77. The molecule has 0 aliphatic heterocycles. The Hall–Kier alpha value is -2.61. The van der Waals surface area contributed by atoms with Crippen LogP contribution in [0.3, 0.4) is 0 Å². The van der Waals surface area contributed by atoms with Crippen LogP contribution in [0, 0.1) is 0 Å². The van der Waals surface area contributed by atoms with Gasteiger partial charge in [-0.3, -0.25) is 0 Å². The van der Waals surface area contributed by atoms with E-state index < -0.39 is 0 Å². The highest BCUT2D eigenvalue weighted by atomic mass is 35.5. The van der Waals surface area contributed by atoms with E-state index in [-0.39, 0.29) is 5.41 Å². The largest absolute Gasteiger partial charge is 0.135 e. The van der Waals surface area contributed by atoms with Gasteiger partial charge in [0.2, 0.25) is 0 Å². The molecule has 0 N–H and O–H groups in total. The molecule has 28 heavy (non-hydrogen) atoms. The molecule has 0 saturated carbocycles. The van der Waals surface area contributed by atoms with Crippen LogP contribution in [0.1, 0.15) is 23.6 Å². The zero-order chi connectivity index (χ0) is 19.1. The summed E-state index contributed by atoms with van der Waals surface area (Å²) < 4.78 is 2.57. The molecule has 0 radical (unpaired) electrons. The minimum Gasteiger partial charge on any atom is -0.135 e. The zero-order valence-corrected chi connectivity index (χ0v) is 17.1. The number of thiophene rings is 1. The molecule has 5 rings (SSSR count). The van der Waals surface area contributed by atoms with Crippen LogP contribution in [0.15, 0.2) is 97.1 Å². The Kier molecular flexibility index (Phi) is 4.23. The lowest BCUT2D eigenvalue weighted by atomic mass is 9.71. The Bertz CT molecular complexity index is 1230. The van der Waals surface area contributed by atoms with Gasteiger partial charge >= 0.3 is 0 Å². The van der Waals surface area contributed by atoms with Crippen molar-refractivity contribution in [3.63, 3.8) is 0 Å². The number of hydrogen-bond donors (Lipinski definition) is 0. The van der Waals surface area contributed by atoms with Gasteiger partial charge < -0.3 is 0 Å². The van der Waals surface area contributed by atoms with Gasteiger partial charge in [0.05, 0.1) is 0 Å². The van der Waals surface area contributed by atoms with Crippen LogP contribution in [-0.2, 0) is 5.41 Å². The minimum atomic E-state index is -0.233. The molecule has 0 nitrogen and oxygen atoms in total. The summed E-state index contributed by atoms with van der Waals surface area (Å²) in [6.07, 6.45) is 0. The van der Waals surface area contributed by atoms with Crippen molar-refractivity contribution >= 4 is 43.1 Å². The van der Waals surface area contributed by atoms with Crippen LogP contribution in [0.25, 0.3) is 20.2 Å². The van der Waals surface area contributed by atoms with Gasteiger partial charge in [-0.05, 0) is 53.9 Å². The number of halogens is 1. The van der Waals surface area contributed by atoms with E-state index in [1.165, 1.54) is 36.9 Å². The van der Waals surface area contributed by atoms with Gasteiger partial charge in [0.15, 0.2) is 0 Å². The van der Waals surface area contributed by atoms with E-state index in [1.54, 1.807) is 0 Å². The predicted molar refractivity (Wildman–Crippen MR) is 123 cm³/mol. The molecular weight excluding hydrogens is 380 g/mol. The van der Waals surface area contributed by atoms with Crippen molar-refractivity contribution in [1.29, 1.82) is 0 Å². The normalized spacial score (nSPS) is 11.9. The highest BCUT2D eigenvalue weighted by Gasteiger charge is 2.31. The fourth-order valence-corrected chi connectivity index (χ4v) is 5.34. The van der Waals surface area contributed by atoms with E-state index in [9.17, 15) is 0 Å². The van der Waals surface area contributed by atoms with Crippen LogP contribution in [0.5, 0.6) is 0 Å². The molecule has 136 valence electrons. The summed E-state index contributed by atoms with van der Waals surface area (Å²) >= 11 is 8.12. The van der Waals surface area contributed by atoms with Crippen molar-refractivity contribution in [1.82, 2.24) is 0 Å². The van der Waals surface area contributed by atoms with Gasteiger partial charge in [-0.15, -0.1) is 11.3 Å². The Morgan fingerprint density at radius 3 is 1.75 bits per heavy atom. The van der Waals surface area contributed by atoms with Gasteiger partial charge in [0, 0.05) is 30.6 Å². The molecule has 0 bridgehead atoms. The zero-order valence-electron chi connectivity index (χ0n) is 15.5. The molecule has 0 atom stereocenters. The summed E-state index contributed by atoms with van der Waals surface area (Å²) in [5.74, 6) is 0. The molecular formula is C26H19ClS. The van der Waals surface area contributed by atoms with Crippen LogP contribution in [-0.4, -0.2) is 0 Å². The highest BCUT2D eigenvalue weighted by Crippen LogP contribution is 2.42. The van der Waals surface area contributed by atoms with Crippen molar-refractivity contribution in [2.24, 2.45) is 0 Å². The summed E-state index contributed by atoms with van der Waals surface area (Å²) in [5, 5.41) is 3.29. The van der Waals surface area contributed by atoms with Crippen molar-refractivity contribution in [2.75, 3.05) is 0 Å². The third-order valence-corrected chi connectivity index (χ3v) is 7.10. The molecule has 0 amide bonds. The molecule has 1 aromatic heterocycles. The summed E-state index contributed by atoms with van der Waals surface area (Å²) in [6, 6.07) is 34.6. The molecule has 2 heteroatoms. The number of benzene rings is 4. The van der Waals surface area contributed by atoms with E-state index in [0.717, 1.165) is 5.02 Å². The van der Waals surface area contributed by atoms with Crippen LogP contribution >= 0.6 is 22.9 Å². The summed E-state index contributed by atoms with van der Waals surface area (Å²) in [4.78, 5) is 0. The summed E-state index contributed by atoms with van der Waals surface area (Å²) in [7, 11) is 0. The average Bonchev–Trinajstić information content (AvgIpc) is 3.11. The van der Waals surface area contributed by atoms with Crippen molar-refractivity contribution < 1.29 is 0 Å². The molecule has 0 unspecified atom stereocenters. The number of fused-ring (bicyclic) bond motifs is 3. The first-order valence-electron chi connectivity index (χ1n) is 9.39. The fourth-order valence-electron chi connectivity index (χ4n) is 4.10. The van der Waals surface area contributed by atoms with E-state index in [1.807, 2.05) is 17.4 Å². The lowest BCUT2D eigenvalue weighted by Crippen LogP contribution is -2.25. The van der Waals surface area contributed by atoms with Gasteiger partial charge in [-0.1, -0.05) is 78.3 Å². The first-order chi connectivity index (χ1) is 13.7. The Morgan fingerprint density at radius 2 is 1.14 bits per heavy atom. The Balaban J connectivity index is 1.81. The van der Waals surface area contributed by atoms with Gasteiger partial charge in [0.25, 0.3) is 0 Å². The standard InChI is InChI=1S/C26H19ClS/c1-26(18-8-4-2-5-9-18,19-10-6-3-7-11-19)20-12-14-24-22(16-20)23-17-21(27)13-15-25(23)28-24/h2-17H,1H3. The molecule has 0 aliphatic carbocycles. The maximum atomic E-state index is 6.30. The molecule has 5 aromatic rings. The Labute approximate surface area is 174 Å². The fraction of sp³-hybridized carbons (Fsp3) is 0.0769. The molecule has 0 saturated heterocycles. The SMILES string of the molecule is CC(c1ccccc1)(c1ccccc1)c1ccc2sc3ccc(Cl)cc3c2c1. The van der Waals surface area contributed by atoms with Crippen molar-refractivity contribution in [2.45, 2.75) is 12.3 Å². The summed E-state index contributed by atoms with van der Waals surface area (Å²) in [6.45, 7) is 2.32. The number of rotatable bonds is 3. The number of hydrogen-bond acceptors (Lipinski definition) is 1. The lowest BCUT2D eigenvalue weighted by Gasteiger charge is -2.32. The predicted octanol–water partition coefficient (Wildman–Crippen LogP) is 8.06. The average molecular weight is 399 g/mol. The first-order valence-corrected chi connectivity index (χ1v) is 10.6. The second-order valence-electron chi connectivity index (χ2n) is 7.31. The van der Waals surface area contributed by atoms with E-state index in [4.69, 9.17) is 11.6 Å². The maximum absolute atomic E-state index is 6.30. The van der Waals surface area contributed by atoms with Crippen molar-refractivity contribution in [3.05, 3.63) is 119 Å². The van der Waals surface area contributed by atoms with Crippen molar-refractivity contribution in [3.8, 4) is 0 Å².